The topological polar surface area (TPSA) is 3.24 Å². The van der Waals surface area contributed by atoms with E-state index in [2.05, 4.69) is 24.6 Å². The molecule has 0 aromatic carbocycles. The fourth-order valence-corrected chi connectivity index (χ4v) is 2.26. The molecule has 0 heterocycles. The molecule has 0 aromatic rings. The lowest BCUT2D eigenvalue weighted by Crippen LogP contribution is -2.07. The monoisotopic (exact) mass is 171 g/mol. The molecule has 0 bridgehead atoms. The second kappa shape index (κ2) is 4.90. The van der Waals surface area contributed by atoms with Gasteiger partial charge in [0.15, 0.2) is 0 Å². The molecule has 2 heteroatoms. The van der Waals surface area contributed by atoms with E-state index in [1.165, 1.54) is 40.5 Å². The maximum Gasteiger partial charge on any atom is -0.00515 e. The maximum atomic E-state index is 2.46. The van der Waals surface area contributed by atoms with E-state index in [4.69, 9.17) is 0 Å². The van der Waals surface area contributed by atoms with Crippen LogP contribution in [0.4, 0.5) is 0 Å². The molecule has 1 nitrogen and oxygen atoms in total. The molecular weight excluding hydrogens is 153 g/mol. The van der Waals surface area contributed by atoms with Crippen molar-refractivity contribution in [3.8, 4) is 0 Å². The normalized spacial score (nSPS) is 21.7. The van der Waals surface area contributed by atoms with Gasteiger partial charge in [-0.3, -0.25) is 4.67 Å². The van der Waals surface area contributed by atoms with E-state index in [1.807, 2.05) is 0 Å². The van der Waals surface area contributed by atoms with Crippen LogP contribution in [0.3, 0.4) is 0 Å². The predicted octanol–water partition coefficient (Wildman–Crippen LogP) is 2.79. The van der Waals surface area contributed by atoms with E-state index in [0.717, 1.165) is 5.92 Å². The fourth-order valence-electron chi connectivity index (χ4n) is 1.51. The summed E-state index contributed by atoms with van der Waals surface area (Å²) in [5, 5.41) is 0. The van der Waals surface area contributed by atoms with Gasteiger partial charge in [0.1, 0.15) is 0 Å². The van der Waals surface area contributed by atoms with Crippen molar-refractivity contribution in [2.24, 2.45) is 5.92 Å². The van der Waals surface area contributed by atoms with Crippen LogP contribution in [0.5, 0.6) is 0 Å². The summed E-state index contributed by atoms with van der Waals surface area (Å²) in [6.07, 6.45) is 7.22. The Labute approximate surface area is 71.6 Å². The molecule has 0 amide bonds. The van der Waals surface area contributed by atoms with Crippen molar-refractivity contribution in [2.75, 3.05) is 14.1 Å². The second-order valence-electron chi connectivity index (χ2n) is 3.51. The van der Waals surface area contributed by atoms with Gasteiger partial charge in [-0.05, 0) is 47.0 Å². The first kappa shape index (κ1) is 9.22. The van der Waals surface area contributed by atoms with Crippen LogP contribution in [0.25, 0.3) is 0 Å². The highest BCUT2D eigenvalue weighted by molar-refractivity contribution is 7.35. The molecule has 1 fully saturated rings. The number of hydrogen-bond donors (Lipinski definition) is 0. The van der Waals surface area contributed by atoms with Crippen molar-refractivity contribution >= 4 is 14.2 Å². The first-order valence-electron chi connectivity index (χ1n) is 4.50. The molecule has 0 N–H and O–H groups in total. The van der Waals surface area contributed by atoms with Crippen LogP contribution in [-0.4, -0.2) is 24.6 Å². The molecule has 0 radical (unpaired) electrons. The van der Waals surface area contributed by atoms with Crippen molar-refractivity contribution in [2.45, 2.75) is 32.1 Å². The zero-order valence-corrected chi connectivity index (χ0v) is 8.48. The molecular formula is C9H18NP. The highest BCUT2D eigenvalue weighted by Crippen LogP contribution is 2.23. The summed E-state index contributed by atoms with van der Waals surface area (Å²) in [6, 6.07) is 0. The standard InChI is InChI=1S/C9H18NP/c1-10(2)11-8-9-6-4-3-5-7-9/h8-9H,3-7H2,1-2H3. The highest BCUT2D eigenvalue weighted by Gasteiger charge is 2.09. The summed E-state index contributed by atoms with van der Waals surface area (Å²) < 4.78 is 2.22. The third kappa shape index (κ3) is 3.88. The number of rotatable bonds is 2. The van der Waals surface area contributed by atoms with Crippen molar-refractivity contribution in [3.05, 3.63) is 0 Å². The Bertz CT molecular complexity index is 126. The second-order valence-corrected chi connectivity index (χ2v) is 4.84. The first-order valence-corrected chi connectivity index (χ1v) is 5.42. The van der Waals surface area contributed by atoms with Crippen LogP contribution < -0.4 is 0 Å². The quantitative estimate of drug-likeness (QED) is 0.577. The Kier molecular flexibility index (Phi) is 4.11. The van der Waals surface area contributed by atoms with Crippen LogP contribution >= 0.6 is 8.35 Å². The smallest absolute Gasteiger partial charge is 0.00515 e. The lowest BCUT2D eigenvalue weighted by Gasteiger charge is -2.17. The molecule has 1 rings (SSSR count). The Morgan fingerprint density at radius 2 is 1.82 bits per heavy atom. The van der Waals surface area contributed by atoms with E-state index in [-0.39, 0.29) is 0 Å². The molecule has 1 saturated carbocycles. The van der Waals surface area contributed by atoms with Crippen molar-refractivity contribution in [3.63, 3.8) is 0 Å². The lowest BCUT2D eigenvalue weighted by molar-refractivity contribution is 0.447. The van der Waals surface area contributed by atoms with Crippen molar-refractivity contribution in [1.29, 1.82) is 0 Å². The zero-order chi connectivity index (χ0) is 8.10. The predicted molar refractivity (Wildman–Crippen MR) is 53.2 cm³/mol. The van der Waals surface area contributed by atoms with Crippen molar-refractivity contribution < 1.29 is 0 Å². The summed E-state index contributed by atoms with van der Waals surface area (Å²) in [7, 11) is 5.64. The minimum Gasteiger partial charge on any atom is -0.264 e. The zero-order valence-electron chi connectivity index (χ0n) is 7.58. The molecule has 0 atom stereocenters. The van der Waals surface area contributed by atoms with Gasteiger partial charge >= 0.3 is 0 Å². The molecule has 1 aliphatic carbocycles. The summed E-state index contributed by atoms with van der Waals surface area (Å²) in [6.45, 7) is 0. The third-order valence-corrected chi connectivity index (χ3v) is 3.18. The van der Waals surface area contributed by atoms with E-state index < -0.39 is 0 Å². The third-order valence-electron chi connectivity index (χ3n) is 2.16. The van der Waals surface area contributed by atoms with Gasteiger partial charge in [0.05, 0.1) is 0 Å². The van der Waals surface area contributed by atoms with Gasteiger partial charge in [0.25, 0.3) is 0 Å². The van der Waals surface area contributed by atoms with Crippen LogP contribution in [0.2, 0.25) is 0 Å². The molecule has 64 valence electrons. The Morgan fingerprint density at radius 1 is 1.18 bits per heavy atom. The number of hydrogen-bond acceptors (Lipinski definition) is 1. The molecule has 0 aliphatic heterocycles. The largest absolute Gasteiger partial charge is 0.264 e. The minimum atomic E-state index is 0.910. The first-order chi connectivity index (χ1) is 5.29. The lowest BCUT2D eigenvalue weighted by atomic mass is 9.91. The maximum absolute atomic E-state index is 2.46. The van der Waals surface area contributed by atoms with E-state index in [0.29, 0.717) is 0 Å². The van der Waals surface area contributed by atoms with Gasteiger partial charge < -0.3 is 0 Å². The molecule has 1 aliphatic rings. The molecule has 0 aromatic heterocycles. The van der Waals surface area contributed by atoms with Gasteiger partial charge in [-0.2, -0.15) is 0 Å². The Hall–Kier alpha value is 0.130. The summed E-state index contributed by atoms with van der Waals surface area (Å²) in [4.78, 5) is 0. The van der Waals surface area contributed by atoms with E-state index >= 15 is 0 Å². The van der Waals surface area contributed by atoms with Gasteiger partial charge in [-0.15, -0.1) is 0 Å². The summed E-state index contributed by atoms with van der Waals surface area (Å²) in [5.41, 5.74) is 0. The Balaban J connectivity index is 2.23. The van der Waals surface area contributed by atoms with Crippen LogP contribution in [0, 0.1) is 5.92 Å². The minimum absolute atomic E-state index is 0.910. The average molecular weight is 171 g/mol. The van der Waals surface area contributed by atoms with Gasteiger partial charge in [-0.1, -0.05) is 19.3 Å². The molecule has 0 unspecified atom stereocenters. The van der Waals surface area contributed by atoms with Gasteiger partial charge in [0, 0.05) is 0 Å². The van der Waals surface area contributed by atoms with Gasteiger partial charge in [-0.25, -0.2) is 0 Å². The van der Waals surface area contributed by atoms with E-state index in [1.54, 1.807) is 0 Å². The van der Waals surface area contributed by atoms with E-state index in [9.17, 15) is 0 Å². The van der Waals surface area contributed by atoms with Gasteiger partial charge in [0.2, 0.25) is 0 Å². The Morgan fingerprint density at radius 3 is 2.36 bits per heavy atom. The van der Waals surface area contributed by atoms with Crippen LogP contribution in [0.15, 0.2) is 0 Å². The molecule has 0 saturated heterocycles. The summed E-state index contributed by atoms with van der Waals surface area (Å²) >= 11 is 0. The highest BCUT2D eigenvalue weighted by atomic mass is 31.1. The molecule has 11 heavy (non-hydrogen) atoms. The molecule has 0 spiro atoms. The fraction of sp³-hybridized carbons (Fsp3) is 0.889. The van der Waals surface area contributed by atoms with Crippen molar-refractivity contribution in [1.82, 2.24) is 4.67 Å². The summed E-state index contributed by atoms with van der Waals surface area (Å²) in [5.74, 6) is 3.37. The van der Waals surface area contributed by atoms with Crippen LogP contribution in [-0.2, 0) is 0 Å². The SMILES string of the molecule is CN(C)P=CC1CCCCC1. The van der Waals surface area contributed by atoms with Crippen LogP contribution in [0.1, 0.15) is 32.1 Å². The average Bonchev–Trinajstić information content (AvgIpc) is 2.03. The number of nitrogens with zero attached hydrogens (tertiary/aromatic N) is 1.